The van der Waals surface area contributed by atoms with Crippen molar-refractivity contribution in [2.45, 2.75) is 4.90 Å². The Morgan fingerprint density at radius 2 is 1.72 bits per heavy atom. The van der Waals surface area contributed by atoms with E-state index in [-0.39, 0.29) is 10.6 Å². The molecule has 11 heteroatoms. The molecule has 2 rings (SSSR count). The molecule has 2 aromatic carbocycles. The fourth-order valence-electron chi connectivity index (χ4n) is 1.80. The van der Waals surface area contributed by atoms with Crippen LogP contribution in [0.4, 0.5) is 11.4 Å². The molecule has 9 nitrogen and oxygen atoms in total. The first-order valence-corrected chi connectivity index (χ1v) is 8.25. The molecule has 0 N–H and O–H groups in total. The molecule has 0 aliphatic rings. The summed E-state index contributed by atoms with van der Waals surface area (Å²) in [5.74, 6) is -1.36. The smallest absolute Gasteiger partial charge is 0.324 e. The highest BCUT2D eigenvalue weighted by Crippen LogP contribution is 2.27. The Morgan fingerprint density at radius 1 is 1.08 bits per heavy atom. The van der Waals surface area contributed by atoms with Crippen molar-refractivity contribution in [1.29, 1.82) is 0 Å². The van der Waals surface area contributed by atoms with Crippen LogP contribution in [0.3, 0.4) is 0 Å². The number of halogens is 1. The average molecular weight is 385 g/mol. The lowest BCUT2D eigenvalue weighted by atomic mass is 10.3. The van der Waals surface area contributed by atoms with E-state index in [1.54, 1.807) is 0 Å². The Morgan fingerprint density at radius 3 is 2.28 bits per heavy atom. The predicted octanol–water partition coefficient (Wildman–Crippen LogP) is 2.87. The molecular weight excluding hydrogens is 376 g/mol. The second-order valence-electron chi connectivity index (χ2n) is 4.58. The van der Waals surface area contributed by atoms with Gasteiger partial charge in [-0.05, 0) is 30.3 Å². The van der Waals surface area contributed by atoms with Gasteiger partial charge < -0.3 is 4.74 Å². The quantitative estimate of drug-likeness (QED) is 0.324. The Hall–Kier alpha value is -2.85. The molecule has 1 atom stereocenters. The summed E-state index contributed by atoms with van der Waals surface area (Å²) < 4.78 is 17.2. The normalized spacial score (nSPS) is 11.6. The maximum atomic E-state index is 12.2. The van der Waals surface area contributed by atoms with Crippen molar-refractivity contribution in [1.82, 2.24) is 0 Å². The van der Waals surface area contributed by atoms with Gasteiger partial charge in [-0.25, -0.2) is 0 Å². The van der Waals surface area contributed by atoms with E-state index < -0.39 is 43.7 Å². The number of nitro benzene ring substituents is 2. The number of non-ortho nitro benzene ring substituents is 1. The monoisotopic (exact) mass is 384 g/mol. The van der Waals surface area contributed by atoms with E-state index in [0.717, 1.165) is 12.1 Å². The molecule has 0 aliphatic carbocycles. The van der Waals surface area contributed by atoms with Crippen LogP contribution in [-0.2, 0) is 15.6 Å². The van der Waals surface area contributed by atoms with E-state index in [1.807, 2.05) is 0 Å². The predicted molar refractivity (Wildman–Crippen MR) is 88.1 cm³/mol. The number of esters is 1. The molecule has 0 heterocycles. The zero-order chi connectivity index (χ0) is 18.6. The number of hydrogen-bond donors (Lipinski definition) is 0. The lowest BCUT2D eigenvalue weighted by Gasteiger charge is -2.05. The van der Waals surface area contributed by atoms with Crippen molar-refractivity contribution in [2.75, 3.05) is 5.75 Å². The summed E-state index contributed by atoms with van der Waals surface area (Å²) in [6.07, 6.45) is 0. The van der Waals surface area contributed by atoms with Crippen LogP contribution in [0.2, 0.25) is 5.02 Å². The Labute approximate surface area is 147 Å². The molecule has 25 heavy (non-hydrogen) atoms. The lowest BCUT2D eigenvalue weighted by Crippen LogP contribution is -2.17. The molecule has 0 bridgehead atoms. The van der Waals surface area contributed by atoms with Gasteiger partial charge in [0.25, 0.3) is 11.4 Å². The summed E-state index contributed by atoms with van der Waals surface area (Å²) in [4.78, 5) is 31.5. The van der Waals surface area contributed by atoms with E-state index in [0.29, 0.717) is 11.1 Å². The van der Waals surface area contributed by atoms with Crippen LogP contribution in [-0.4, -0.2) is 25.8 Å². The third-order valence-electron chi connectivity index (χ3n) is 2.89. The Kier molecular flexibility index (Phi) is 5.78. The van der Waals surface area contributed by atoms with Gasteiger partial charge in [-0.3, -0.25) is 29.2 Å². The Bertz CT molecular complexity index is 870. The largest absolute Gasteiger partial charge is 0.426 e. The van der Waals surface area contributed by atoms with Gasteiger partial charge in [-0.15, -0.1) is 0 Å². The maximum Gasteiger partial charge on any atom is 0.324 e. The highest BCUT2D eigenvalue weighted by atomic mass is 35.5. The van der Waals surface area contributed by atoms with Gasteiger partial charge in [0.1, 0.15) is 16.4 Å². The molecule has 1 unspecified atom stereocenters. The summed E-state index contributed by atoms with van der Waals surface area (Å²) in [5.41, 5.74) is -1.22. The fraction of sp³-hybridized carbons (Fsp3) is 0.0714. The van der Waals surface area contributed by atoms with Crippen molar-refractivity contribution >= 4 is 39.7 Å². The van der Waals surface area contributed by atoms with Crippen LogP contribution < -0.4 is 4.74 Å². The van der Waals surface area contributed by atoms with Crippen LogP contribution >= 0.6 is 11.6 Å². The highest BCUT2D eigenvalue weighted by molar-refractivity contribution is 7.85. The van der Waals surface area contributed by atoms with Crippen molar-refractivity contribution in [3.63, 3.8) is 0 Å². The molecule has 0 fully saturated rings. The van der Waals surface area contributed by atoms with E-state index in [1.165, 1.54) is 24.3 Å². The summed E-state index contributed by atoms with van der Waals surface area (Å²) >= 11 is 5.69. The van der Waals surface area contributed by atoms with Crippen molar-refractivity contribution in [3.05, 3.63) is 67.7 Å². The van der Waals surface area contributed by atoms with Crippen LogP contribution in [0.25, 0.3) is 0 Å². The number of ether oxygens (including phenoxy) is 1. The zero-order valence-electron chi connectivity index (χ0n) is 12.3. The fourth-order valence-corrected chi connectivity index (χ4v) is 2.94. The number of carbonyl (C=O) groups excluding carboxylic acids is 1. The SMILES string of the molecule is O=C(CS(=O)c1ccc([N+](=O)[O-])cc1[N+](=O)[O-])Oc1ccc(Cl)cc1. The molecule has 0 aromatic heterocycles. The van der Waals surface area contributed by atoms with Crippen molar-refractivity contribution in [2.24, 2.45) is 0 Å². The first kappa shape index (κ1) is 18.5. The van der Waals surface area contributed by atoms with Gasteiger partial charge in [0.15, 0.2) is 0 Å². The van der Waals surface area contributed by atoms with E-state index in [9.17, 15) is 29.2 Å². The number of nitrogens with zero attached hydrogens (tertiary/aromatic N) is 2. The lowest BCUT2D eigenvalue weighted by molar-refractivity contribution is -0.396. The second-order valence-corrected chi connectivity index (χ2v) is 6.44. The first-order chi connectivity index (χ1) is 11.8. The minimum absolute atomic E-state index is 0.171. The highest BCUT2D eigenvalue weighted by Gasteiger charge is 2.25. The molecule has 0 amide bonds. The van der Waals surface area contributed by atoms with Crippen LogP contribution in [0.15, 0.2) is 47.4 Å². The number of nitro groups is 2. The molecule has 0 spiro atoms. The number of rotatable bonds is 6. The van der Waals surface area contributed by atoms with E-state index >= 15 is 0 Å². The van der Waals surface area contributed by atoms with Crippen LogP contribution in [0.1, 0.15) is 0 Å². The van der Waals surface area contributed by atoms with Crippen molar-refractivity contribution in [3.8, 4) is 5.75 Å². The van der Waals surface area contributed by atoms with E-state index in [2.05, 4.69) is 0 Å². The maximum absolute atomic E-state index is 12.2. The summed E-state index contributed by atoms with van der Waals surface area (Å²) in [6, 6.07) is 8.49. The minimum atomic E-state index is -2.11. The standard InChI is InChI=1S/C14H9ClN2O7S/c15-9-1-4-11(5-2-9)24-14(18)8-25(23)13-6-3-10(16(19)20)7-12(13)17(21)22/h1-7H,8H2. The molecule has 0 saturated heterocycles. The second kappa shape index (κ2) is 7.81. The summed E-state index contributed by atoms with van der Waals surface area (Å²) in [5, 5.41) is 22.2. The third-order valence-corrected chi connectivity index (χ3v) is 4.48. The molecule has 0 aliphatic heterocycles. The van der Waals surface area contributed by atoms with Crippen molar-refractivity contribution < 1.29 is 23.6 Å². The van der Waals surface area contributed by atoms with E-state index in [4.69, 9.17) is 16.3 Å². The minimum Gasteiger partial charge on any atom is -0.426 e. The third kappa shape index (κ3) is 4.81. The number of hydrogen-bond acceptors (Lipinski definition) is 7. The zero-order valence-corrected chi connectivity index (χ0v) is 13.9. The van der Waals surface area contributed by atoms with Crippen LogP contribution in [0, 0.1) is 20.2 Å². The molecule has 2 aromatic rings. The number of benzene rings is 2. The van der Waals surface area contributed by atoms with Gasteiger partial charge in [0.2, 0.25) is 0 Å². The van der Waals surface area contributed by atoms with Gasteiger partial charge >= 0.3 is 5.97 Å². The topological polar surface area (TPSA) is 130 Å². The number of carbonyl (C=O) groups is 1. The molecular formula is C14H9ClN2O7S. The van der Waals surface area contributed by atoms with Gasteiger partial charge in [-0.2, -0.15) is 0 Å². The summed E-state index contributed by atoms with van der Waals surface area (Å²) in [7, 11) is -2.11. The Balaban J connectivity index is 2.17. The van der Waals surface area contributed by atoms with Gasteiger partial charge in [-0.1, -0.05) is 11.6 Å². The first-order valence-electron chi connectivity index (χ1n) is 6.55. The van der Waals surface area contributed by atoms with Gasteiger partial charge in [0, 0.05) is 11.1 Å². The molecule has 130 valence electrons. The summed E-state index contributed by atoms with van der Waals surface area (Å²) in [6.45, 7) is 0. The average Bonchev–Trinajstić information content (AvgIpc) is 2.56. The van der Waals surface area contributed by atoms with Crippen LogP contribution in [0.5, 0.6) is 5.75 Å². The molecule has 0 saturated carbocycles. The van der Waals surface area contributed by atoms with Gasteiger partial charge in [0.05, 0.1) is 26.7 Å². The molecule has 0 radical (unpaired) electrons.